The first kappa shape index (κ1) is 23.9. The van der Waals surface area contributed by atoms with Crippen molar-refractivity contribution in [3.05, 3.63) is 52.5 Å². The predicted molar refractivity (Wildman–Crippen MR) is 118 cm³/mol. The molecule has 2 aromatic rings. The highest BCUT2D eigenvalue weighted by Gasteiger charge is 2.32. The molecule has 0 unspecified atom stereocenters. The maximum Gasteiger partial charge on any atom is 0.339 e. The monoisotopic (exact) mass is 475 g/mol. The van der Waals surface area contributed by atoms with Crippen LogP contribution in [0.2, 0.25) is 5.02 Å². The molecule has 1 fully saturated rings. The minimum Gasteiger partial charge on any atom is -0.507 e. The van der Waals surface area contributed by atoms with Gasteiger partial charge in [0.05, 0.1) is 13.0 Å². The van der Waals surface area contributed by atoms with E-state index in [1.807, 2.05) is 0 Å². The van der Waals surface area contributed by atoms with Crippen LogP contribution in [0.1, 0.15) is 15.9 Å². The first-order valence-electron chi connectivity index (χ1n) is 9.92. The average molecular weight is 476 g/mol. The summed E-state index contributed by atoms with van der Waals surface area (Å²) in [6.45, 7) is -0.629. The van der Waals surface area contributed by atoms with Gasteiger partial charge in [0.1, 0.15) is 30.2 Å². The number of aromatic hydroxyl groups is 1. The second-order valence-electron chi connectivity index (χ2n) is 7.44. The third-order valence-electron chi connectivity index (χ3n) is 5.09. The number of carbonyl (C=O) groups excluding carboxylic acids is 3. The van der Waals surface area contributed by atoms with Crippen molar-refractivity contribution >= 4 is 41.0 Å². The Kier molecular flexibility index (Phi) is 7.39. The van der Waals surface area contributed by atoms with Gasteiger partial charge in [0, 0.05) is 17.3 Å². The summed E-state index contributed by atoms with van der Waals surface area (Å²) >= 11 is 6.07. The quantitative estimate of drug-likeness (QED) is 0.444. The molecule has 0 aromatic heterocycles. The van der Waals surface area contributed by atoms with Gasteiger partial charge in [0.2, 0.25) is 17.7 Å². The normalized spacial score (nSPS) is 16.1. The lowest BCUT2D eigenvalue weighted by molar-refractivity contribution is -0.139. The molecule has 4 N–H and O–H groups in total. The zero-order chi connectivity index (χ0) is 24.1. The number of amides is 3. The largest absolute Gasteiger partial charge is 0.507 e. The molecule has 0 saturated carbocycles. The molecule has 1 saturated heterocycles. The van der Waals surface area contributed by atoms with Gasteiger partial charge in [-0.15, -0.1) is 0 Å². The molecule has 0 spiro atoms. The van der Waals surface area contributed by atoms with Crippen LogP contribution in [0.25, 0.3) is 0 Å². The number of aromatic carboxylic acids is 1. The molecule has 2 aromatic carbocycles. The molecular weight excluding hydrogens is 454 g/mol. The van der Waals surface area contributed by atoms with Gasteiger partial charge in [0.15, 0.2) is 0 Å². The second-order valence-corrected chi connectivity index (χ2v) is 7.88. The smallest absolute Gasteiger partial charge is 0.339 e. The lowest BCUT2D eigenvalue weighted by Crippen LogP contribution is -2.43. The fraction of sp³-hybridized carbons (Fsp3) is 0.273. The van der Waals surface area contributed by atoms with Crippen LogP contribution in [0.3, 0.4) is 0 Å². The predicted octanol–water partition coefficient (Wildman–Crippen LogP) is 1.51. The highest BCUT2D eigenvalue weighted by molar-refractivity contribution is 6.30. The van der Waals surface area contributed by atoms with Crippen molar-refractivity contribution in [3.8, 4) is 11.5 Å². The topological polar surface area (TPSA) is 145 Å². The lowest BCUT2D eigenvalue weighted by Gasteiger charge is -2.23. The van der Waals surface area contributed by atoms with E-state index in [9.17, 15) is 24.3 Å². The highest BCUT2D eigenvalue weighted by Crippen LogP contribution is 2.26. The van der Waals surface area contributed by atoms with Gasteiger partial charge in [-0.05, 0) is 48.4 Å². The molecular formula is C22H22ClN3O7. The zero-order valence-corrected chi connectivity index (χ0v) is 18.4. The maximum atomic E-state index is 13.1. The fourth-order valence-corrected chi connectivity index (χ4v) is 3.71. The Hall–Kier alpha value is -3.79. The third-order valence-corrected chi connectivity index (χ3v) is 5.33. The molecule has 10 nitrogen and oxygen atoms in total. The van der Waals surface area contributed by atoms with Gasteiger partial charge in [-0.1, -0.05) is 11.6 Å². The van der Waals surface area contributed by atoms with E-state index in [0.717, 1.165) is 17.0 Å². The van der Waals surface area contributed by atoms with E-state index in [-0.39, 0.29) is 30.8 Å². The molecule has 0 radical (unpaired) electrons. The second kappa shape index (κ2) is 10.2. The molecule has 174 valence electrons. The summed E-state index contributed by atoms with van der Waals surface area (Å²) in [5.41, 5.74) is 0.435. The van der Waals surface area contributed by atoms with Crippen LogP contribution in [0.5, 0.6) is 11.5 Å². The third kappa shape index (κ3) is 5.92. The zero-order valence-electron chi connectivity index (χ0n) is 17.6. The number of nitrogens with one attached hydrogen (secondary N) is 2. The molecule has 3 rings (SSSR count). The summed E-state index contributed by atoms with van der Waals surface area (Å²) < 4.78 is 5.33. The van der Waals surface area contributed by atoms with E-state index in [1.54, 1.807) is 18.2 Å². The number of ether oxygens (including phenoxy) is 1. The number of nitrogens with zero attached hydrogens (tertiary/aromatic N) is 1. The van der Waals surface area contributed by atoms with Gasteiger partial charge in [-0.25, -0.2) is 4.79 Å². The van der Waals surface area contributed by atoms with Crippen LogP contribution in [0.15, 0.2) is 36.4 Å². The number of anilines is 1. The number of hydrogen-bond acceptors (Lipinski definition) is 6. The van der Waals surface area contributed by atoms with Gasteiger partial charge in [0.25, 0.3) is 0 Å². The van der Waals surface area contributed by atoms with Gasteiger partial charge in [-0.3, -0.25) is 14.4 Å². The van der Waals surface area contributed by atoms with Crippen LogP contribution >= 0.6 is 11.6 Å². The van der Waals surface area contributed by atoms with Gasteiger partial charge >= 0.3 is 5.97 Å². The number of carbonyl (C=O) groups is 4. The summed E-state index contributed by atoms with van der Waals surface area (Å²) in [6.07, 6.45) is 0.237. The van der Waals surface area contributed by atoms with Crippen LogP contribution in [-0.4, -0.2) is 65.5 Å². The molecule has 1 aliphatic heterocycles. The van der Waals surface area contributed by atoms with Gasteiger partial charge in [-0.2, -0.15) is 0 Å². The number of carboxylic acids is 1. The number of methoxy groups -OCH3 is 1. The van der Waals surface area contributed by atoms with Crippen molar-refractivity contribution in [2.24, 2.45) is 5.92 Å². The molecule has 0 bridgehead atoms. The molecule has 1 heterocycles. The minimum absolute atomic E-state index is 0.0887. The Morgan fingerprint density at radius 3 is 2.70 bits per heavy atom. The van der Waals surface area contributed by atoms with E-state index in [0.29, 0.717) is 16.3 Å². The Morgan fingerprint density at radius 2 is 2.00 bits per heavy atom. The van der Waals surface area contributed by atoms with E-state index in [4.69, 9.17) is 21.4 Å². The van der Waals surface area contributed by atoms with Crippen LogP contribution in [-0.2, 0) is 20.8 Å². The number of halogens is 1. The number of phenols is 1. The standard InChI is InChI=1S/C22H22ClN3O7/c1-33-18-5-2-14(23)7-12(18)6-13-9-24-19(28)10-26(21(13)30)11-20(29)25-15-3-4-17(27)16(8-15)22(31)32/h2-5,7-8,13,27H,6,9-11H2,1H3,(H,24,28)(H,25,29)(H,31,32)/t13-/m1/s1. The summed E-state index contributed by atoms with van der Waals surface area (Å²) in [4.78, 5) is 50.1. The molecule has 33 heavy (non-hydrogen) atoms. The molecule has 1 aliphatic rings. The van der Waals surface area contributed by atoms with Gasteiger partial charge < -0.3 is 30.5 Å². The fourth-order valence-electron chi connectivity index (χ4n) is 3.51. The first-order chi connectivity index (χ1) is 15.7. The van der Waals surface area contributed by atoms with Crippen LogP contribution < -0.4 is 15.4 Å². The van der Waals surface area contributed by atoms with E-state index in [2.05, 4.69) is 10.6 Å². The summed E-state index contributed by atoms with van der Waals surface area (Å²) in [5.74, 6) is -3.34. The van der Waals surface area contributed by atoms with Crippen molar-refractivity contribution < 1.29 is 34.1 Å². The van der Waals surface area contributed by atoms with Crippen molar-refractivity contribution in [2.45, 2.75) is 6.42 Å². The van der Waals surface area contributed by atoms with E-state index >= 15 is 0 Å². The molecule has 11 heteroatoms. The van der Waals surface area contributed by atoms with Crippen LogP contribution in [0.4, 0.5) is 5.69 Å². The van der Waals surface area contributed by atoms with Crippen molar-refractivity contribution in [2.75, 3.05) is 32.1 Å². The van der Waals surface area contributed by atoms with E-state index < -0.39 is 41.9 Å². The molecule has 0 aliphatic carbocycles. The number of benzene rings is 2. The first-order valence-corrected chi connectivity index (χ1v) is 10.3. The lowest BCUT2D eigenvalue weighted by atomic mass is 9.97. The average Bonchev–Trinajstić information content (AvgIpc) is 2.88. The Morgan fingerprint density at radius 1 is 1.24 bits per heavy atom. The molecule has 3 amide bonds. The van der Waals surface area contributed by atoms with Crippen molar-refractivity contribution in [1.82, 2.24) is 10.2 Å². The summed E-state index contributed by atoms with van der Waals surface area (Å²) in [7, 11) is 1.50. The SMILES string of the molecule is COc1ccc(Cl)cc1C[C@@H]1CNC(=O)CN(CC(=O)Nc2ccc(O)c(C(=O)O)c2)C1=O. The van der Waals surface area contributed by atoms with Crippen molar-refractivity contribution in [3.63, 3.8) is 0 Å². The molecule has 1 atom stereocenters. The highest BCUT2D eigenvalue weighted by atomic mass is 35.5. The van der Waals surface area contributed by atoms with E-state index in [1.165, 1.54) is 13.2 Å². The Bertz CT molecular complexity index is 1110. The number of rotatable bonds is 7. The Labute approximate surface area is 194 Å². The number of carboxylic acid groups (broad SMARTS) is 1. The minimum atomic E-state index is -1.36. The van der Waals surface area contributed by atoms with Crippen LogP contribution in [0, 0.1) is 5.92 Å². The number of hydrogen-bond donors (Lipinski definition) is 4. The summed E-state index contributed by atoms with van der Waals surface area (Å²) in [5, 5.41) is 24.3. The summed E-state index contributed by atoms with van der Waals surface area (Å²) in [6, 6.07) is 8.59. The Balaban J connectivity index is 1.74. The van der Waals surface area contributed by atoms with Crippen molar-refractivity contribution in [1.29, 1.82) is 0 Å². The maximum absolute atomic E-state index is 13.1.